The third-order valence-electron chi connectivity index (χ3n) is 3.05. The van der Waals surface area contributed by atoms with Crippen LogP contribution in [0.2, 0.25) is 0 Å². The van der Waals surface area contributed by atoms with Crippen LogP contribution in [0.4, 0.5) is 0 Å². The SMILES string of the molecule is CCCCCN/C=C(/C#N)C(=O)NCC1CCCO1. The van der Waals surface area contributed by atoms with E-state index in [1.54, 1.807) is 0 Å². The number of ether oxygens (including phenoxy) is 1. The van der Waals surface area contributed by atoms with Crippen molar-refractivity contribution in [1.82, 2.24) is 10.6 Å². The van der Waals surface area contributed by atoms with E-state index >= 15 is 0 Å². The summed E-state index contributed by atoms with van der Waals surface area (Å²) >= 11 is 0. The minimum absolute atomic E-state index is 0.0985. The van der Waals surface area contributed by atoms with Gasteiger partial charge in [0.05, 0.1) is 6.10 Å². The van der Waals surface area contributed by atoms with E-state index in [0.717, 1.165) is 45.3 Å². The number of unbranched alkanes of at least 4 members (excludes halogenated alkanes) is 2. The number of carbonyl (C=O) groups is 1. The first-order valence-electron chi connectivity index (χ1n) is 7.01. The molecular formula is C14H23N3O2. The van der Waals surface area contributed by atoms with Crippen LogP contribution in [0.3, 0.4) is 0 Å². The smallest absolute Gasteiger partial charge is 0.263 e. The van der Waals surface area contributed by atoms with Crippen LogP contribution in [0.5, 0.6) is 0 Å². The van der Waals surface area contributed by atoms with Gasteiger partial charge in [-0.05, 0) is 19.3 Å². The second kappa shape index (κ2) is 9.40. The van der Waals surface area contributed by atoms with Crippen LogP contribution >= 0.6 is 0 Å². The van der Waals surface area contributed by atoms with Gasteiger partial charge in [-0.15, -0.1) is 0 Å². The molecule has 0 aromatic carbocycles. The molecule has 2 N–H and O–H groups in total. The van der Waals surface area contributed by atoms with Crippen molar-refractivity contribution in [3.05, 3.63) is 11.8 Å². The number of hydrogen-bond acceptors (Lipinski definition) is 4. The zero-order valence-electron chi connectivity index (χ0n) is 11.6. The van der Waals surface area contributed by atoms with Crippen LogP contribution in [-0.2, 0) is 9.53 Å². The van der Waals surface area contributed by atoms with Gasteiger partial charge < -0.3 is 15.4 Å². The van der Waals surface area contributed by atoms with Crippen LogP contribution in [0.25, 0.3) is 0 Å². The maximum atomic E-state index is 11.8. The van der Waals surface area contributed by atoms with E-state index in [2.05, 4.69) is 17.6 Å². The molecule has 19 heavy (non-hydrogen) atoms. The van der Waals surface area contributed by atoms with Crippen molar-refractivity contribution in [3.8, 4) is 6.07 Å². The molecule has 1 heterocycles. The predicted molar refractivity (Wildman–Crippen MR) is 73.2 cm³/mol. The molecule has 5 nitrogen and oxygen atoms in total. The fraction of sp³-hybridized carbons (Fsp3) is 0.714. The Balaban J connectivity index is 2.25. The Morgan fingerprint density at radius 2 is 2.37 bits per heavy atom. The number of nitrogens with one attached hydrogen (secondary N) is 2. The van der Waals surface area contributed by atoms with Gasteiger partial charge in [-0.25, -0.2) is 0 Å². The highest BCUT2D eigenvalue weighted by Gasteiger charge is 2.17. The lowest BCUT2D eigenvalue weighted by molar-refractivity contribution is -0.117. The molecule has 1 aliphatic rings. The third kappa shape index (κ3) is 6.25. The summed E-state index contributed by atoms with van der Waals surface area (Å²) in [5.74, 6) is -0.332. The van der Waals surface area contributed by atoms with E-state index in [1.165, 1.54) is 6.20 Å². The number of nitrogens with zero attached hydrogens (tertiary/aromatic N) is 1. The molecule has 0 bridgehead atoms. The first-order valence-corrected chi connectivity index (χ1v) is 7.01. The fourth-order valence-corrected chi connectivity index (χ4v) is 1.91. The molecular weight excluding hydrogens is 242 g/mol. The summed E-state index contributed by atoms with van der Waals surface area (Å²) in [5.41, 5.74) is 0.120. The zero-order chi connectivity index (χ0) is 13.9. The third-order valence-corrected chi connectivity index (χ3v) is 3.05. The van der Waals surface area contributed by atoms with Gasteiger partial charge in [0.15, 0.2) is 0 Å². The standard InChI is InChI=1S/C14H23N3O2/c1-2-3-4-7-16-10-12(9-15)14(18)17-11-13-6-5-8-19-13/h10,13,16H,2-8,11H2,1H3,(H,17,18)/b12-10-. The molecule has 1 atom stereocenters. The van der Waals surface area contributed by atoms with Gasteiger partial charge in [-0.3, -0.25) is 4.79 Å². The number of rotatable bonds is 8. The average Bonchev–Trinajstić information content (AvgIpc) is 2.93. The van der Waals surface area contributed by atoms with Crippen molar-refractivity contribution in [1.29, 1.82) is 5.26 Å². The Morgan fingerprint density at radius 3 is 3.00 bits per heavy atom. The van der Waals surface area contributed by atoms with E-state index in [4.69, 9.17) is 10.00 Å². The molecule has 1 fully saturated rings. The van der Waals surface area contributed by atoms with Crippen LogP contribution in [0, 0.1) is 11.3 Å². The first-order chi connectivity index (χ1) is 9.27. The van der Waals surface area contributed by atoms with E-state index < -0.39 is 0 Å². The average molecular weight is 265 g/mol. The second-order valence-corrected chi connectivity index (χ2v) is 4.68. The molecule has 1 aliphatic heterocycles. The largest absolute Gasteiger partial charge is 0.390 e. The van der Waals surface area contributed by atoms with Crippen molar-refractivity contribution in [2.75, 3.05) is 19.7 Å². The van der Waals surface area contributed by atoms with E-state index in [9.17, 15) is 4.79 Å². The molecule has 1 saturated heterocycles. The minimum Gasteiger partial charge on any atom is -0.390 e. The van der Waals surface area contributed by atoms with Crippen LogP contribution < -0.4 is 10.6 Å². The lowest BCUT2D eigenvalue weighted by Crippen LogP contribution is -2.33. The molecule has 1 amide bonds. The van der Waals surface area contributed by atoms with Crippen LogP contribution in [0.15, 0.2) is 11.8 Å². The highest BCUT2D eigenvalue weighted by Crippen LogP contribution is 2.10. The maximum Gasteiger partial charge on any atom is 0.263 e. The Hall–Kier alpha value is -1.54. The molecule has 0 radical (unpaired) electrons. The van der Waals surface area contributed by atoms with Gasteiger partial charge in [-0.2, -0.15) is 5.26 Å². The van der Waals surface area contributed by atoms with Gasteiger partial charge >= 0.3 is 0 Å². The molecule has 1 rings (SSSR count). The maximum absolute atomic E-state index is 11.8. The minimum atomic E-state index is -0.332. The quantitative estimate of drug-likeness (QED) is 0.396. The van der Waals surface area contributed by atoms with Gasteiger partial charge in [0.2, 0.25) is 0 Å². The van der Waals surface area contributed by atoms with Gasteiger partial charge in [-0.1, -0.05) is 19.8 Å². The molecule has 1 unspecified atom stereocenters. The van der Waals surface area contributed by atoms with Crippen molar-refractivity contribution < 1.29 is 9.53 Å². The summed E-state index contributed by atoms with van der Waals surface area (Å²) in [6, 6.07) is 1.91. The highest BCUT2D eigenvalue weighted by atomic mass is 16.5. The summed E-state index contributed by atoms with van der Waals surface area (Å²) in [7, 11) is 0. The monoisotopic (exact) mass is 265 g/mol. The summed E-state index contributed by atoms with van der Waals surface area (Å²) in [4.78, 5) is 11.8. The number of carbonyl (C=O) groups excluding carboxylic acids is 1. The highest BCUT2D eigenvalue weighted by molar-refractivity contribution is 5.97. The molecule has 0 saturated carbocycles. The molecule has 0 aliphatic carbocycles. The first kappa shape index (κ1) is 15.5. The molecule has 0 aromatic rings. The topological polar surface area (TPSA) is 74.2 Å². The van der Waals surface area contributed by atoms with Gasteiger partial charge in [0, 0.05) is 25.9 Å². The molecule has 0 spiro atoms. The van der Waals surface area contributed by atoms with Crippen molar-refractivity contribution in [3.63, 3.8) is 0 Å². The summed E-state index contributed by atoms with van der Waals surface area (Å²) in [6.45, 7) is 4.17. The molecule has 0 aromatic heterocycles. The Kier molecular flexibility index (Phi) is 7.68. The van der Waals surface area contributed by atoms with E-state index in [0.29, 0.717) is 6.54 Å². The second-order valence-electron chi connectivity index (χ2n) is 4.68. The Morgan fingerprint density at radius 1 is 1.53 bits per heavy atom. The number of amides is 1. The van der Waals surface area contributed by atoms with Gasteiger partial charge in [0.1, 0.15) is 11.6 Å². The zero-order valence-corrected chi connectivity index (χ0v) is 11.6. The van der Waals surface area contributed by atoms with Crippen molar-refractivity contribution >= 4 is 5.91 Å². The molecule has 5 heteroatoms. The lowest BCUT2D eigenvalue weighted by atomic mass is 10.2. The Bertz CT molecular complexity index is 341. The Labute approximate surface area is 115 Å². The van der Waals surface area contributed by atoms with E-state index in [1.807, 2.05) is 6.07 Å². The number of hydrogen-bond donors (Lipinski definition) is 2. The predicted octanol–water partition coefficient (Wildman–Crippen LogP) is 1.47. The lowest BCUT2D eigenvalue weighted by Gasteiger charge is -2.10. The van der Waals surface area contributed by atoms with Crippen LogP contribution in [-0.4, -0.2) is 31.7 Å². The van der Waals surface area contributed by atoms with Crippen molar-refractivity contribution in [2.45, 2.75) is 45.1 Å². The summed E-state index contributed by atoms with van der Waals surface area (Å²) in [5, 5.41) is 14.7. The van der Waals surface area contributed by atoms with E-state index in [-0.39, 0.29) is 17.6 Å². The van der Waals surface area contributed by atoms with Crippen molar-refractivity contribution in [2.24, 2.45) is 0 Å². The van der Waals surface area contributed by atoms with Gasteiger partial charge in [0.25, 0.3) is 5.91 Å². The molecule has 106 valence electrons. The summed E-state index contributed by atoms with van der Waals surface area (Å²) in [6.07, 6.45) is 6.96. The van der Waals surface area contributed by atoms with Crippen LogP contribution in [0.1, 0.15) is 39.0 Å². The summed E-state index contributed by atoms with van der Waals surface area (Å²) < 4.78 is 5.41. The number of nitriles is 1. The normalized spacial score (nSPS) is 18.9. The fourth-order valence-electron chi connectivity index (χ4n) is 1.91.